The number of ether oxygens (including phenoxy) is 1. The maximum atomic E-state index is 10.8. The van der Waals surface area contributed by atoms with Gasteiger partial charge in [-0.2, -0.15) is 0 Å². The Labute approximate surface area is 126 Å². The molecule has 8 heteroatoms. The molecule has 1 atom stereocenters. The third kappa shape index (κ3) is 3.27. The Morgan fingerprint density at radius 1 is 1.44 bits per heavy atom. The summed E-state index contributed by atoms with van der Waals surface area (Å²) in [5.74, 6) is 0. The Bertz CT molecular complexity index is 500. The predicted molar refractivity (Wildman–Crippen MR) is 73.3 cm³/mol. The molecule has 0 spiro atoms. The van der Waals surface area contributed by atoms with Gasteiger partial charge in [-0.1, -0.05) is 50.7 Å². The van der Waals surface area contributed by atoms with Crippen molar-refractivity contribution in [2.24, 2.45) is 0 Å². The maximum absolute atomic E-state index is 10.8. The highest BCUT2D eigenvalue weighted by Crippen LogP contribution is 2.50. The van der Waals surface area contributed by atoms with Crippen LogP contribution in [0.25, 0.3) is 0 Å². The highest BCUT2D eigenvalue weighted by molar-refractivity contribution is 9.10. The first kappa shape index (κ1) is 14.3. The summed E-state index contributed by atoms with van der Waals surface area (Å²) < 4.78 is 4.48. The van der Waals surface area contributed by atoms with Gasteiger partial charge in [-0.15, -0.1) is 0 Å². The van der Waals surface area contributed by atoms with Gasteiger partial charge in [0.2, 0.25) is 0 Å². The van der Waals surface area contributed by atoms with Crippen LogP contribution in [0.5, 0.6) is 0 Å². The number of non-ortho nitro benzene ring substituents is 1. The molecular weight excluding hydrogens is 368 g/mol. The van der Waals surface area contributed by atoms with Gasteiger partial charge in [-0.25, -0.2) is 0 Å². The average molecular weight is 375 g/mol. The number of benzene rings is 1. The molecule has 1 fully saturated rings. The van der Waals surface area contributed by atoms with E-state index >= 15 is 0 Å². The van der Waals surface area contributed by atoms with Crippen LogP contribution in [0, 0.1) is 10.1 Å². The summed E-state index contributed by atoms with van der Waals surface area (Å²) in [6, 6.07) is 4.58. The monoisotopic (exact) mass is 373 g/mol. The lowest BCUT2D eigenvalue weighted by Gasteiger charge is -2.18. The van der Waals surface area contributed by atoms with E-state index < -0.39 is 14.3 Å². The van der Waals surface area contributed by atoms with Gasteiger partial charge in [0, 0.05) is 23.0 Å². The van der Waals surface area contributed by atoms with Gasteiger partial charge in [-0.05, 0) is 11.6 Å². The zero-order valence-electron chi connectivity index (χ0n) is 8.83. The second-order valence-electron chi connectivity index (χ2n) is 4.03. The largest absolute Gasteiger partial charge is 0.364 e. The number of alkyl halides is 3. The van der Waals surface area contributed by atoms with Gasteiger partial charge in [0.15, 0.2) is 3.79 Å². The Morgan fingerprint density at radius 2 is 2.06 bits per heavy atom. The van der Waals surface area contributed by atoms with Crippen LogP contribution < -0.4 is 0 Å². The van der Waals surface area contributed by atoms with E-state index in [1.165, 1.54) is 12.1 Å². The van der Waals surface area contributed by atoms with Crippen LogP contribution in [-0.2, 0) is 10.3 Å². The van der Waals surface area contributed by atoms with Crippen LogP contribution in [0.3, 0.4) is 0 Å². The van der Waals surface area contributed by atoms with Crippen molar-refractivity contribution in [3.63, 3.8) is 0 Å². The van der Waals surface area contributed by atoms with Crippen molar-refractivity contribution in [2.45, 2.75) is 15.8 Å². The number of halogens is 4. The van der Waals surface area contributed by atoms with Gasteiger partial charge < -0.3 is 4.74 Å². The third-order valence-electron chi connectivity index (χ3n) is 2.60. The van der Waals surface area contributed by atoms with Gasteiger partial charge in [0.25, 0.3) is 5.69 Å². The van der Waals surface area contributed by atoms with Crippen LogP contribution in [0.1, 0.15) is 12.0 Å². The zero-order valence-corrected chi connectivity index (χ0v) is 12.7. The van der Waals surface area contributed by atoms with Crippen LogP contribution in [-0.4, -0.2) is 15.3 Å². The molecule has 0 amide bonds. The standard InChI is InChI=1S/C10H7BrCl3NO3/c11-7-1-6(2-8(3-7)15(16)17)9(5-18-9)4-10(12,13)14/h1-3H,4-5H2. The Kier molecular flexibility index (Phi) is 3.82. The summed E-state index contributed by atoms with van der Waals surface area (Å²) in [5.41, 5.74) is -0.131. The molecule has 0 saturated carbocycles. The number of rotatable bonds is 3. The molecule has 2 rings (SSSR count). The molecule has 1 aliphatic rings. The molecule has 18 heavy (non-hydrogen) atoms. The highest BCUT2D eigenvalue weighted by Gasteiger charge is 2.51. The van der Waals surface area contributed by atoms with E-state index in [1.54, 1.807) is 6.07 Å². The summed E-state index contributed by atoms with van der Waals surface area (Å²) in [7, 11) is 0. The topological polar surface area (TPSA) is 55.7 Å². The molecule has 1 aromatic rings. The fraction of sp³-hybridized carbons (Fsp3) is 0.400. The molecular formula is C10H7BrCl3NO3. The van der Waals surface area contributed by atoms with Crippen molar-refractivity contribution in [1.82, 2.24) is 0 Å². The third-order valence-corrected chi connectivity index (χ3v) is 3.46. The van der Waals surface area contributed by atoms with Gasteiger partial charge in [-0.3, -0.25) is 10.1 Å². The summed E-state index contributed by atoms with van der Waals surface area (Å²) in [6.45, 7) is 0.383. The fourth-order valence-electron chi connectivity index (χ4n) is 1.72. The van der Waals surface area contributed by atoms with E-state index in [0.29, 0.717) is 16.6 Å². The molecule has 4 nitrogen and oxygen atoms in total. The van der Waals surface area contributed by atoms with Crippen molar-refractivity contribution in [2.75, 3.05) is 6.61 Å². The molecule has 1 heterocycles. The first-order chi connectivity index (χ1) is 8.22. The zero-order chi connectivity index (χ0) is 13.6. The number of hydrogen-bond acceptors (Lipinski definition) is 3. The van der Waals surface area contributed by atoms with E-state index in [1.807, 2.05) is 0 Å². The Balaban J connectivity index is 2.36. The smallest absolute Gasteiger partial charge is 0.270 e. The molecule has 1 aromatic carbocycles. The van der Waals surface area contributed by atoms with Gasteiger partial charge >= 0.3 is 0 Å². The number of nitrogens with zero attached hydrogens (tertiary/aromatic N) is 1. The second-order valence-corrected chi connectivity index (χ2v) is 7.46. The van der Waals surface area contributed by atoms with Crippen LogP contribution in [0.15, 0.2) is 22.7 Å². The van der Waals surface area contributed by atoms with Crippen molar-refractivity contribution >= 4 is 56.4 Å². The summed E-state index contributed by atoms with van der Waals surface area (Å²) in [4.78, 5) is 10.3. The minimum atomic E-state index is -1.46. The lowest BCUT2D eigenvalue weighted by molar-refractivity contribution is -0.385. The van der Waals surface area contributed by atoms with E-state index in [0.717, 1.165) is 0 Å². The summed E-state index contributed by atoms with van der Waals surface area (Å²) in [6.07, 6.45) is 0.151. The number of nitro groups is 1. The van der Waals surface area contributed by atoms with Gasteiger partial charge in [0.05, 0.1) is 11.5 Å². The second kappa shape index (κ2) is 4.80. The van der Waals surface area contributed by atoms with Crippen LogP contribution >= 0.6 is 50.7 Å². The quantitative estimate of drug-likeness (QED) is 0.342. The van der Waals surface area contributed by atoms with Crippen molar-refractivity contribution < 1.29 is 9.66 Å². The van der Waals surface area contributed by atoms with Crippen molar-refractivity contribution in [3.05, 3.63) is 38.3 Å². The number of epoxide rings is 1. The molecule has 98 valence electrons. The van der Waals surface area contributed by atoms with Crippen LogP contribution in [0.4, 0.5) is 5.69 Å². The van der Waals surface area contributed by atoms with E-state index in [9.17, 15) is 10.1 Å². The average Bonchev–Trinajstić information content (AvgIpc) is 2.95. The van der Waals surface area contributed by atoms with Crippen molar-refractivity contribution in [3.8, 4) is 0 Å². The van der Waals surface area contributed by atoms with Crippen LogP contribution in [0.2, 0.25) is 0 Å². The predicted octanol–water partition coefficient (Wildman–Crippen LogP) is 4.34. The molecule has 0 aliphatic carbocycles. The maximum Gasteiger partial charge on any atom is 0.270 e. The Morgan fingerprint density at radius 3 is 2.50 bits per heavy atom. The molecule has 1 saturated heterocycles. The summed E-state index contributed by atoms with van der Waals surface area (Å²) in [5, 5.41) is 10.8. The Hall–Kier alpha value is -0.0700. The SMILES string of the molecule is O=[N+]([O-])c1cc(Br)cc(C2(CC(Cl)(Cl)Cl)CO2)c1. The van der Waals surface area contributed by atoms with E-state index in [-0.39, 0.29) is 12.1 Å². The minimum absolute atomic E-state index is 0.0291. The molecule has 0 bridgehead atoms. The molecule has 0 N–H and O–H groups in total. The van der Waals surface area contributed by atoms with Gasteiger partial charge in [0.1, 0.15) is 5.60 Å². The lowest BCUT2D eigenvalue weighted by Crippen LogP contribution is -2.18. The normalized spacial score (nSPS) is 22.9. The molecule has 1 aliphatic heterocycles. The molecule has 0 aromatic heterocycles. The number of hydrogen-bond donors (Lipinski definition) is 0. The lowest BCUT2D eigenvalue weighted by atomic mass is 9.96. The summed E-state index contributed by atoms with van der Waals surface area (Å²) >= 11 is 20.5. The molecule has 0 radical (unpaired) electrons. The van der Waals surface area contributed by atoms with E-state index in [2.05, 4.69) is 15.9 Å². The number of nitro benzene ring substituents is 1. The first-order valence-electron chi connectivity index (χ1n) is 4.88. The minimum Gasteiger partial charge on any atom is -0.364 e. The fourth-order valence-corrected chi connectivity index (χ4v) is 2.85. The van der Waals surface area contributed by atoms with Crippen molar-refractivity contribution in [1.29, 1.82) is 0 Å². The highest BCUT2D eigenvalue weighted by atomic mass is 79.9. The van der Waals surface area contributed by atoms with E-state index in [4.69, 9.17) is 39.5 Å². The first-order valence-corrected chi connectivity index (χ1v) is 6.81. The molecule has 1 unspecified atom stereocenters.